The third-order valence-corrected chi connectivity index (χ3v) is 3.66. The number of ether oxygens (including phenoxy) is 1. The second-order valence-electron chi connectivity index (χ2n) is 3.19. The molecule has 5 heteroatoms. The molecule has 1 fully saturated rings. The zero-order valence-corrected chi connectivity index (χ0v) is 9.60. The second kappa shape index (κ2) is 6.81. The van der Waals surface area contributed by atoms with Crippen molar-refractivity contribution in [2.75, 3.05) is 18.6 Å². The molecule has 1 rings (SSSR count). The summed E-state index contributed by atoms with van der Waals surface area (Å²) < 4.78 is 25.2. The van der Waals surface area contributed by atoms with Crippen LogP contribution in [0.1, 0.15) is 32.6 Å². The van der Waals surface area contributed by atoms with Gasteiger partial charge in [-0.25, -0.2) is 8.42 Å². The van der Waals surface area contributed by atoms with Gasteiger partial charge in [-0.15, -0.1) is 0 Å². The normalized spacial score (nSPS) is 18.1. The molecule has 0 bridgehead atoms. The highest BCUT2D eigenvalue weighted by molar-refractivity contribution is 7.91. The van der Waals surface area contributed by atoms with Crippen molar-refractivity contribution in [1.82, 2.24) is 0 Å². The summed E-state index contributed by atoms with van der Waals surface area (Å²) in [6.45, 7) is 1.94. The largest absolute Gasteiger partial charge is 0.469 e. The molecule has 0 aromatic carbocycles. The first-order chi connectivity index (χ1) is 6.52. The molecular weight excluding hydrogens is 204 g/mol. The van der Waals surface area contributed by atoms with Crippen molar-refractivity contribution >= 4 is 15.8 Å². The van der Waals surface area contributed by atoms with Gasteiger partial charge in [0, 0.05) is 6.42 Å². The lowest BCUT2D eigenvalue weighted by atomic mass is 10.3. The summed E-state index contributed by atoms with van der Waals surface area (Å²) in [5, 5.41) is 0. The number of methoxy groups -OCH3 is 1. The molecule has 0 N–H and O–H groups in total. The summed E-state index contributed by atoms with van der Waals surface area (Å²) in [4.78, 5) is 10.2. The molecule has 1 aliphatic rings. The van der Waals surface area contributed by atoms with Crippen LogP contribution in [0, 0.1) is 0 Å². The fourth-order valence-corrected chi connectivity index (χ4v) is 2.54. The van der Waals surface area contributed by atoms with Gasteiger partial charge in [-0.1, -0.05) is 6.92 Å². The van der Waals surface area contributed by atoms with E-state index in [0.29, 0.717) is 17.9 Å². The maximum absolute atomic E-state index is 10.4. The van der Waals surface area contributed by atoms with E-state index >= 15 is 0 Å². The van der Waals surface area contributed by atoms with Crippen LogP contribution in [0.2, 0.25) is 0 Å². The standard InChI is InChI=1S/C5H10O2.C4H8O2S/c1-3-4-5(6)7-2;5-7(6)3-1-2-4-7/h3-4H2,1-2H3;1-4H2. The number of hydrogen-bond donors (Lipinski definition) is 0. The van der Waals surface area contributed by atoms with E-state index in [2.05, 4.69) is 4.74 Å². The number of esters is 1. The van der Waals surface area contributed by atoms with Crippen LogP contribution in [-0.4, -0.2) is 33.0 Å². The number of carbonyl (C=O) groups excluding carboxylic acids is 1. The van der Waals surface area contributed by atoms with Crippen LogP contribution < -0.4 is 0 Å². The lowest BCUT2D eigenvalue weighted by Crippen LogP contribution is -1.98. The van der Waals surface area contributed by atoms with Crippen molar-refractivity contribution in [2.24, 2.45) is 0 Å². The molecule has 0 saturated carbocycles. The Morgan fingerprint density at radius 3 is 1.93 bits per heavy atom. The van der Waals surface area contributed by atoms with E-state index in [9.17, 15) is 13.2 Å². The molecule has 0 amide bonds. The van der Waals surface area contributed by atoms with Crippen molar-refractivity contribution in [3.63, 3.8) is 0 Å². The van der Waals surface area contributed by atoms with Crippen LogP contribution >= 0.6 is 0 Å². The summed E-state index contributed by atoms with van der Waals surface area (Å²) >= 11 is 0. The van der Waals surface area contributed by atoms with Crippen LogP contribution in [0.3, 0.4) is 0 Å². The van der Waals surface area contributed by atoms with Crippen LogP contribution in [0.4, 0.5) is 0 Å². The van der Waals surface area contributed by atoms with Crippen molar-refractivity contribution in [2.45, 2.75) is 32.6 Å². The SMILES string of the molecule is CCCC(=O)OC.O=S1(=O)CCCC1. The first-order valence-corrected chi connectivity index (χ1v) is 6.61. The summed E-state index contributed by atoms with van der Waals surface area (Å²) in [6, 6.07) is 0. The Kier molecular flexibility index (Phi) is 6.53. The highest BCUT2D eigenvalue weighted by atomic mass is 32.2. The molecule has 0 atom stereocenters. The van der Waals surface area contributed by atoms with Gasteiger partial charge in [0.25, 0.3) is 0 Å². The molecule has 1 heterocycles. The van der Waals surface area contributed by atoms with Gasteiger partial charge in [-0.3, -0.25) is 4.79 Å². The molecule has 4 nitrogen and oxygen atoms in total. The average Bonchev–Trinajstić information content (AvgIpc) is 2.51. The molecule has 0 aromatic heterocycles. The Bertz CT molecular complexity index is 244. The lowest BCUT2D eigenvalue weighted by molar-refractivity contribution is -0.140. The van der Waals surface area contributed by atoms with Crippen LogP contribution in [0.15, 0.2) is 0 Å². The van der Waals surface area contributed by atoms with Gasteiger partial charge in [-0.05, 0) is 19.3 Å². The number of sulfone groups is 1. The Balaban J connectivity index is 0.000000241. The Hall–Kier alpha value is -0.580. The van der Waals surface area contributed by atoms with Gasteiger partial charge in [0.15, 0.2) is 0 Å². The molecule has 1 aliphatic heterocycles. The van der Waals surface area contributed by atoms with E-state index in [1.807, 2.05) is 6.92 Å². The van der Waals surface area contributed by atoms with Crippen LogP contribution in [0.25, 0.3) is 0 Å². The van der Waals surface area contributed by atoms with Gasteiger partial charge >= 0.3 is 5.97 Å². The lowest BCUT2D eigenvalue weighted by Gasteiger charge is -1.91. The summed E-state index contributed by atoms with van der Waals surface area (Å²) in [5.41, 5.74) is 0. The van der Waals surface area contributed by atoms with Crippen LogP contribution in [-0.2, 0) is 19.4 Å². The van der Waals surface area contributed by atoms with Crippen molar-refractivity contribution in [3.8, 4) is 0 Å². The minimum atomic E-state index is -2.55. The zero-order chi connectivity index (χ0) is 11.0. The quantitative estimate of drug-likeness (QED) is 0.658. The predicted molar refractivity (Wildman–Crippen MR) is 54.8 cm³/mol. The van der Waals surface area contributed by atoms with E-state index in [-0.39, 0.29) is 5.97 Å². The predicted octanol–water partition coefficient (Wildman–Crippen LogP) is 1.15. The highest BCUT2D eigenvalue weighted by Gasteiger charge is 2.16. The number of rotatable bonds is 2. The van der Waals surface area contributed by atoms with Gasteiger partial charge in [0.2, 0.25) is 0 Å². The topological polar surface area (TPSA) is 60.4 Å². The molecule has 84 valence electrons. The minimum Gasteiger partial charge on any atom is -0.469 e. The third kappa shape index (κ3) is 6.88. The Labute approximate surface area is 85.6 Å². The number of carbonyl (C=O) groups is 1. The van der Waals surface area contributed by atoms with Gasteiger partial charge in [0.05, 0.1) is 18.6 Å². The Morgan fingerprint density at radius 1 is 1.29 bits per heavy atom. The summed E-state index contributed by atoms with van der Waals surface area (Å²) in [6.07, 6.45) is 3.16. The minimum absolute atomic E-state index is 0.123. The van der Waals surface area contributed by atoms with Crippen molar-refractivity contribution in [1.29, 1.82) is 0 Å². The van der Waals surface area contributed by atoms with E-state index in [4.69, 9.17) is 0 Å². The summed E-state index contributed by atoms with van der Waals surface area (Å²) in [5.74, 6) is 0.725. The number of hydrogen-bond acceptors (Lipinski definition) is 4. The van der Waals surface area contributed by atoms with Crippen LogP contribution in [0.5, 0.6) is 0 Å². The molecule has 0 aromatic rings. The monoisotopic (exact) mass is 222 g/mol. The van der Waals surface area contributed by atoms with Gasteiger partial charge < -0.3 is 4.74 Å². The molecule has 1 saturated heterocycles. The Morgan fingerprint density at radius 2 is 1.79 bits per heavy atom. The summed E-state index contributed by atoms with van der Waals surface area (Å²) in [7, 11) is -1.15. The smallest absolute Gasteiger partial charge is 0.305 e. The van der Waals surface area contributed by atoms with E-state index in [0.717, 1.165) is 19.3 Å². The molecule has 0 unspecified atom stereocenters. The maximum atomic E-state index is 10.4. The molecule has 0 radical (unpaired) electrons. The first-order valence-electron chi connectivity index (χ1n) is 4.79. The maximum Gasteiger partial charge on any atom is 0.305 e. The molecule has 0 spiro atoms. The fourth-order valence-electron chi connectivity index (χ4n) is 1.05. The van der Waals surface area contributed by atoms with E-state index in [1.165, 1.54) is 7.11 Å². The molecular formula is C9H18O4S. The molecule has 14 heavy (non-hydrogen) atoms. The fraction of sp³-hybridized carbons (Fsp3) is 0.889. The average molecular weight is 222 g/mol. The zero-order valence-electron chi connectivity index (χ0n) is 8.78. The van der Waals surface area contributed by atoms with Gasteiger partial charge in [-0.2, -0.15) is 0 Å². The highest BCUT2D eigenvalue weighted by Crippen LogP contribution is 2.08. The van der Waals surface area contributed by atoms with Gasteiger partial charge in [0.1, 0.15) is 9.84 Å². The van der Waals surface area contributed by atoms with Crippen molar-refractivity contribution < 1.29 is 17.9 Å². The van der Waals surface area contributed by atoms with Crippen molar-refractivity contribution in [3.05, 3.63) is 0 Å². The van der Waals surface area contributed by atoms with E-state index in [1.54, 1.807) is 0 Å². The first kappa shape index (κ1) is 13.4. The third-order valence-electron chi connectivity index (χ3n) is 1.84. The molecule has 0 aliphatic carbocycles. The van der Waals surface area contributed by atoms with E-state index < -0.39 is 9.84 Å². The second-order valence-corrected chi connectivity index (χ2v) is 5.49.